The monoisotopic (exact) mass is 348 g/mol. The van der Waals surface area contributed by atoms with E-state index >= 15 is 0 Å². The molecule has 8 nitrogen and oxygen atoms in total. The van der Waals surface area contributed by atoms with E-state index < -0.39 is 24.0 Å². The predicted molar refractivity (Wildman–Crippen MR) is 88.9 cm³/mol. The number of rotatable bonds is 6. The molecule has 8 heteroatoms. The summed E-state index contributed by atoms with van der Waals surface area (Å²) in [6.07, 6.45) is 0.268. The van der Waals surface area contributed by atoms with Crippen LogP contribution in [0.4, 0.5) is 4.79 Å². The first kappa shape index (κ1) is 18.3. The maximum absolute atomic E-state index is 12.2. The van der Waals surface area contributed by atoms with Crippen molar-refractivity contribution in [2.45, 2.75) is 26.4 Å². The largest absolute Gasteiger partial charge is 0.497 e. The predicted octanol–water partition coefficient (Wildman–Crippen LogP) is 1.75. The number of carbonyl (C=O) groups is 3. The Labute approximate surface area is 144 Å². The highest BCUT2D eigenvalue weighted by atomic mass is 16.5. The number of furan rings is 1. The van der Waals surface area contributed by atoms with Crippen molar-refractivity contribution in [1.29, 1.82) is 0 Å². The molecule has 0 fully saturated rings. The lowest BCUT2D eigenvalue weighted by Gasteiger charge is -2.19. The van der Waals surface area contributed by atoms with Crippen molar-refractivity contribution < 1.29 is 28.3 Å². The van der Waals surface area contributed by atoms with E-state index in [-0.39, 0.29) is 12.3 Å². The van der Waals surface area contributed by atoms with Crippen LogP contribution in [-0.4, -0.2) is 31.1 Å². The number of esters is 1. The third kappa shape index (κ3) is 4.50. The third-order valence-corrected chi connectivity index (χ3v) is 3.57. The van der Waals surface area contributed by atoms with Gasteiger partial charge in [-0.25, -0.2) is 4.79 Å². The first-order valence-corrected chi connectivity index (χ1v) is 7.65. The lowest BCUT2D eigenvalue weighted by Crippen LogP contribution is -2.45. The van der Waals surface area contributed by atoms with Crippen molar-refractivity contribution in [2.75, 3.05) is 7.11 Å². The number of hydrogen-bond donors (Lipinski definition) is 2. The molecule has 0 aliphatic rings. The Kier molecular flexibility index (Phi) is 5.63. The van der Waals surface area contributed by atoms with Crippen LogP contribution in [0.5, 0.6) is 5.75 Å². The molecule has 3 amide bonds. The maximum atomic E-state index is 12.2. The van der Waals surface area contributed by atoms with Gasteiger partial charge in [0.2, 0.25) is 0 Å². The van der Waals surface area contributed by atoms with Crippen LogP contribution >= 0.6 is 0 Å². The van der Waals surface area contributed by atoms with Gasteiger partial charge >= 0.3 is 12.0 Å². The maximum Gasteiger partial charge on any atom is 0.318 e. The van der Waals surface area contributed by atoms with Crippen molar-refractivity contribution in [3.63, 3.8) is 0 Å². The van der Waals surface area contributed by atoms with Gasteiger partial charge in [-0.05, 0) is 18.1 Å². The Hall–Kier alpha value is -3.03. The van der Waals surface area contributed by atoms with Crippen molar-refractivity contribution in [3.8, 4) is 5.75 Å². The molecular formula is C17H20N2O6. The standard InChI is InChI=1S/C17H20N2O6/c1-9(2)15(16(21)19-17(18)22)25-14(20)6-10-8-24-13-7-11(23-3)4-5-12(10)13/h4-5,7-9,15H,6H2,1-3H3,(H3,18,19,21,22). The molecule has 0 saturated heterocycles. The fourth-order valence-corrected chi connectivity index (χ4v) is 2.35. The lowest BCUT2D eigenvalue weighted by atomic mass is 10.1. The van der Waals surface area contributed by atoms with Crippen molar-refractivity contribution >= 4 is 28.9 Å². The topological polar surface area (TPSA) is 121 Å². The highest BCUT2D eigenvalue weighted by Gasteiger charge is 2.27. The lowest BCUT2D eigenvalue weighted by molar-refractivity contribution is -0.157. The molecule has 1 aromatic carbocycles. The number of amides is 3. The summed E-state index contributed by atoms with van der Waals surface area (Å²) in [7, 11) is 1.55. The van der Waals surface area contributed by atoms with Gasteiger partial charge < -0.3 is 19.6 Å². The van der Waals surface area contributed by atoms with Gasteiger partial charge in [0.25, 0.3) is 5.91 Å². The summed E-state index contributed by atoms with van der Waals surface area (Å²) < 4.78 is 15.7. The number of carbonyl (C=O) groups excluding carboxylic acids is 3. The zero-order chi connectivity index (χ0) is 18.6. The van der Waals surface area contributed by atoms with Gasteiger partial charge in [0, 0.05) is 17.0 Å². The van der Waals surface area contributed by atoms with E-state index in [4.69, 9.17) is 19.6 Å². The molecule has 25 heavy (non-hydrogen) atoms. The fraction of sp³-hybridized carbons (Fsp3) is 0.353. The number of nitrogens with one attached hydrogen (secondary N) is 1. The second-order valence-electron chi connectivity index (χ2n) is 5.81. The first-order chi connectivity index (χ1) is 11.8. The average molecular weight is 348 g/mol. The smallest absolute Gasteiger partial charge is 0.318 e. The van der Waals surface area contributed by atoms with Crippen molar-refractivity contribution in [1.82, 2.24) is 5.32 Å². The molecule has 1 aromatic heterocycles. The summed E-state index contributed by atoms with van der Waals surface area (Å²) in [5, 5.41) is 2.67. The van der Waals surface area contributed by atoms with E-state index in [1.54, 1.807) is 39.2 Å². The molecule has 0 bridgehead atoms. The van der Waals surface area contributed by atoms with Crippen LogP contribution in [0.1, 0.15) is 19.4 Å². The van der Waals surface area contributed by atoms with E-state index in [0.29, 0.717) is 16.9 Å². The summed E-state index contributed by atoms with van der Waals surface area (Å²) in [6.45, 7) is 3.39. The normalized spacial score (nSPS) is 12.0. The van der Waals surface area contributed by atoms with E-state index in [2.05, 4.69) is 0 Å². The van der Waals surface area contributed by atoms with Gasteiger partial charge in [0.15, 0.2) is 6.10 Å². The molecule has 2 rings (SSSR count). The summed E-state index contributed by atoms with van der Waals surface area (Å²) in [5.74, 6) is -1.05. The molecule has 0 spiro atoms. The van der Waals surface area contributed by atoms with Crippen LogP contribution in [0.3, 0.4) is 0 Å². The molecule has 0 saturated carbocycles. The second-order valence-corrected chi connectivity index (χ2v) is 5.81. The number of primary amides is 1. The van der Waals surface area contributed by atoms with Crippen molar-refractivity contribution in [2.24, 2.45) is 11.7 Å². The Bertz CT molecular complexity index is 796. The molecule has 1 unspecified atom stereocenters. The number of imide groups is 1. The summed E-state index contributed by atoms with van der Waals surface area (Å²) in [5.41, 5.74) is 6.13. The van der Waals surface area contributed by atoms with Crippen LogP contribution in [0, 0.1) is 5.92 Å². The van der Waals surface area contributed by atoms with Gasteiger partial charge in [-0.15, -0.1) is 0 Å². The highest BCUT2D eigenvalue weighted by Crippen LogP contribution is 2.26. The van der Waals surface area contributed by atoms with Crippen LogP contribution < -0.4 is 15.8 Å². The molecule has 2 aromatic rings. The van der Waals surface area contributed by atoms with E-state index in [9.17, 15) is 14.4 Å². The zero-order valence-electron chi connectivity index (χ0n) is 14.2. The molecule has 0 radical (unpaired) electrons. The molecule has 1 heterocycles. The van der Waals surface area contributed by atoms with Crippen LogP contribution in [0.25, 0.3) is 11.0 Å². The minimum atomic E-state index is -1.11. The molecule has 3 N–H and O–H groups in total. The number of hydrogen-bond acceptors (Lipinski definition) is 6. The summed E-state index contributed by atoms with van der Waals surface area (Å²) >= 11 is 0. The third-order valence-electron chi connectivity index (χ3n) is 3.57. The number of methoxy groups -OCH3 is 1. The van der Waals surface area contributed by atoms with Gasteiger partial charge in [0.05, 0.1) is 19.8 Å². The summed E-state index contributed by atoms with van der Waals surface area (Å²) in [4.78, 5) is 34.9. The molecular weight excluding hydrogens is 328 g/mol. The number of benzene rings is 1. The summed E-state index contributed by atoms with van der Waals surface area (Å²) in [6, 6.07) is 4.24. The average Bonchev–Trinajstić information content (AvgIpc) is 2.93. The van der Waals surface area contributed by atoms with Gasteiger partial charge in [-0.1, -0.05) is 13.8 Å². The van der Waals surface area contributed by atoms with Crippen LogP contribution in [-0.2, 0) is 20.7 Å². The Morgan fingerprint density at radius 1 is 1.28 bits per heavy atom. The molecule has 0 aliphatic heterocycles. The SMILES string of the molecule is COc1ccc2c(CC(=O)OC(C(=O)NC(N)=O)C(C)C)coc2c1. The molecule has 1 atom stereocenters. The number of urea groups is 1. The number of ether oxygens (including phenoxy) is 2. The Morgan fingerprint density at radius 3 is 2.60 bits per heavy atom. The van der Waals surface area contributed by atoms with Gasteiger partial charge in [-0.2, -0.15) is 0 Å². The van der Waals surface area contributed by atoms with Crippen LogP contribution in [0.2, 0.25) is 0 Å². The van der Waals surface area contributed by atoms with E-state index in [1.165, 1.54) is 6.26 Å². The quantitative estimate of drug-likeness (QED) is 0.767. The second kappa shape index (κ2) is 7.69. The zero-order valence-corrected chi connectivity index (χ0v) is 14.2. The minimum Gasteiger partial charge on any atom is -0.497 e. The molecule has 0 aliphatic carbocycles. The Morgan fingerprint density at radius 2 is 2.00 bits per heavy atom. The number of fused-ring (bicyclic) bond motifs is 1. The van der Waals surface area contributed by atoms with E-state index in [0.717, 1.165) is 5.39 Å². The van der Waals surface area contributed by atoms with E-state index in [1.807, 2.05) is 5.32 Å². The van der Waals surface area contributed by atoms with Crippen molar-refractivity contribution in [3.05, 3.63) is 30.0 Å². The van der Waals surface area contributed by atoms with Crippen LogP contribution in [0.15, 0.2) is 28.9 Å². The fourth-order valence-electron chi connectivity index (χ4n) is 2.35. The highest BCUT2D eigenvalue weighted by molar-refractivity contribution is 5.97. The number of nitrogens with two attached hydrogens (primary N) is 1. The van der Waals surface area contributed by atoms with Gasteiger partial charge in [0.1, 0.15) is 11.3 Å². The first-order valence-electron chi connectivity index (χ1n) is 7.65. The molecule has 134 valence electrons. The Balaban J connectivity index is 2.10. The van der Waals surface area contributed by atoms with Gasteiger partial charge in [-0.3, -0.25) is 14.9 Å². The minimum absolute atomic E-state index is 0.0770.